The second kappa shape index (κ2) is 15.9. The average molecular weight is 433 g/mol. The van der Waals surface area contributed by atoms with E-state index in [1.165, 1.54) is 51.4 Å². The van der Waals surface area contributed by atoms with Crippen molar-refractivity contribution in [1.29, 1.82) is 0 Å². The summed E-state index contributed by atoms with van der Waals surface area (Å²) < 4.78 is 11.0. The first kappa shape index (κ1) is 27.2. The Balaban J connectivity index is 2.33. The zero-order valence-electron chi connectivity index (χ0n) is 20.3. The van der Waals surface area contributed by atoms with Crippen LogP contribution in [0.1, 0.15) is 109 Å². The van der Waals surface area contributed by atoms with Gasteiger partial charge in [-0.3, -0.25) is 9.59 Å². The van der Waals surface area contributed by atoms with Gasteiger partial charge in [0.25, 0.3) is 0 Å². The van der Waals surface area contributed by atoms with Crippen molar-refractivity contribution in [1.82, 2.24) is 0 Å². The molecule has 1 aromatic carbocycles. The summed E-state index contributed by atoms with van der Waals surface area (Å²) in [5.74, 6) is -0.922. The number of esters is 2. The molecule has 0 unspecified atom stereocenters. The maximum Gasteiger partial charge on any atom is 0.323 e. The van der Waals surface area contributed by atoms with Gasteiger partial charge in [0.15, 0.2) is 5.41 Å². The molecule has 4 heteroatoms. The van der Waals surface area contributed by atoms with Crippen LogP contribution in [0.4, 0.5) is 0 Å². The number of benzene rings is 1. The predicted molar refractivity (Wildman–Crippen MR) is 127 cm³/mol. The molecule has 0 saturated carbocycles. The second-order valence-corrected chi connectivity index (χ2v) is 8.67. The van der Waals surface area contributed by atoms with Crippen LogP contribution in [-0.2, 0) is 25.7 Å². The standard InChI is InChI=1S/C27H44O4/c1-5-8-9-10-11-12-13-14-15-16-20-30-25(28)27(6-2,7-3)26(29)31-22-24-19-17-18-23(4)21-24/h17-19,21H,5-16,20,22H2,1-4H3. The molecule has 0 aromatic heterocycles. The minimum Gasteiger partial charge on any atom is -0.465 e. The maximum atomic E-state index is 12.8. The zero-order valence-corrected chi connectivity index (χ0v) is 20.3. The smallest absolute Gasteiger partial charge is 0.323 e. The van der Waals surface area contributed by atoms with E-state index < -0.39 is 17.4 Å². The third kappa shape index (κ3) is 9.88. The van der Waals surface area contributed by atoms with Gasteiger partial charge in [0.05, 0.1) is 6.61 Å². The van der Waals surface area contributed by atoms with Crippen molar-refractivity contribution in [3.63, 3.8) is 0 Å². The fourth-order valence-corrected chi connectivity index (χ4v) is 3.89. The number of rotatable bonds is 17. The molecule has 0 amide bonds. The van der Waals surface area contributed by atoms with Gasteiger partial charge in [0.1, 0.15) is 6.61 Å². The molecule has 0 N–H and O–H groups in total. The van der Waals surface area contributed by atoms with Crippen LogP contribution >= 0.6 is 0 Å². The van der Waals surface area contributed by atoms with Crippen LogP contribution in [0.3, 0.4) is 0 Å². The lowest BCUT2D eigenvalue weighted by Crippen LogP contribution is -2.41. The summed E-state index contributed by atoms with van der Waals surface area (Å²) in [6.07, 6.45) is 13.1. The summed E-state index contributed by atoms with van der Waals surface area (Å²) in [6.45, 7) is 8.49. The first-order valence-electron chi connectivity index (χ1n) is 12.4. The lowest BCUT2D eigenvalue weighted by atomic mass is 9.82. The topological polar surface area (TPSA) is 52.6 Å². The monoisotopic (exact) mass is 432 g/mol. The highest BCUT2D eigenvalue weighted by Gasteiger charge is 2.45. The number of ether oxygens (including phenoxy) is 2. The zero-order chi connectivity index (χ0) is 23.0. The van der Waals surface area contributed by atoms with Crippen LogP contribution in [-0.4, -0.2) is 18.5 Å². The van der Waals surface area contributed by atoms with Crippen molar-refractivity contribution in [3.05, 3.63) is 35.4 Å². The molecule has 1 rings (SSSR count). The Bertz CT molecular complexity index is 634. The molecule has 0 spiro atoms. The van der Waals surface area contributed by atoms with E-state index >= 15 is 0 Å². The molecule has 0 saturated heterocycles. The summed E-state index contributed by atoms with van der Waals surface area (Å²) >= 11 is 0. The molecule has 176 valence electrons. The lowest BCUT2D eigenvalue weighted by Gasteiger charge is -2.27. The fraction of sp³-hybridized carbons (Fsp3) is 0.704. The van der Waals surface area contributed by atoms with Crippen LogP contribution in [0.5, 0.6) is 0 Å². The Labute approximate surface area is 190 Å². The Morgan fingerprint density at radius 3 is 1.87 bits per heavy atom. The Kier molecular flexibility index (Phi) is 13.9. The summed E-state index contributed by atoms with van der Waals surface area (Å²) in [6, 6.07) is 7.84. The van der Waals surface area contributed by atoms with Crippen molar-refractivity contribution < 1.29 is 19.1 Å². The molecule has 0 aliphatic heterocycles. The number of hydrogen-bond acceptors (Lipinski definition) is 4. The molecular weight excluding hydrogens is 388 g/mol. The van der Waals surface area contributed by atoms with E-state index in [0.29, 0.717) is 19.4 Å². The van der Waals surface area contributed by atoms with Gasteiger partial charge in [-0.05, 0) is 31.7 Å². The SMILES string of the molecule is CCCCCCCCCCCCOC(=O)C(CC)(CC)C(=O)OCc1cccc(C)c1. The van der Waals surface area contributed by atoms with Crippen molar-refractivity contribution in [3.8, 4) is 0 Å². The Hall–Kier alpha value is -1.84. The van der Waals surface area contributed by atoms with Gasteiger partial charge < -0.3 is 9.47 Å². The lowest BCUT2D eigenvalue weighted by molar-refractivity contribution is -0.174. The number of unbranched alkanes of at least 4 members (excludes halogenated alkanes) is 9. The summed E-state index contributed by atoms with van der Waals surface area (Å²) in [7, 11) is 0. The average Bonchev–Trinajstić information content (AvgIpc) is 2.77. The van der Waals surface area contributed by atoms with Crippen LogP contribution in [0.25, 0.3) is 0 Å². The fourth-order valence-electron chi connectivity index (χ4n) is 3.89. The summed E-state index contributed by atoms with van der Waals surface area (Å²) in [5, 5.41) is 0. The highest BCUT2D eigenvalue weighted by Crippen LogP contribution is 2.30. The largest absolute Gasteiger partial charge is 0.465 e. The number of carbonyl (C=O) groups is 2. The normalized spacial score (nSPS) is 11.4. The molecule has 0 radical (unpaired) electrons. The molecule has 0 bridgehead atoms. The molecule has 0 fully saturated rings. The Morgan fingerprint density at radius 2 is 1.32 bits per heavy atom. The predicted octanol–water partition coefficient (Wildman–Crippen LogP) is 7.31. The van der Waals surface area contributed by atoms with E-state index in [-0.39, 0.29) is 6.61 Å². The van der Waals surface area contributed by atoms with Crippen LogP contribution in [0, 0.1) is 12.3 Å². The molecule has 31 heavy (non-hydrogen) atoms. The minimum absolute atomic E-state index is 0.175. The summed E-state index contributed by atoms with van der Waals surface area (Å²) in [5.41, 5.74) is 0.831. The van der Waals surface area contributed by atoms with Crippen LogP contribution < -0.4 is 0 Å². The first-order chi connectivity index (χ1) is 15.0. The molecule has 0 aliphatic carbocycles. The number of hydrogen-bond donors (Lipinski definition) is 0. The van der Waals surface area contributed by atoms with Gasteiger partial charge in [0, 0.05) is 0 Å². The highest BCUT2D eigenvalue weighted by molar-refractivity contribution is 5.99. The van der Waals surface area contributed by atoms with Crippen LogP contribution in [0.2, 0.25) is 0 Å². The highest BCUT2D eigenvalue weighted by atomic mass is 16.6. The molecular formula is C27H44O4. The molecule has 4 nitrogen and oxygen atoms in total. The van der Waals surface area contributed by atoms with E-state index in [1.54, 1.807) is 0 Å². The van der Waals surface area contributed by atoms with Crippen molar-refractivity contribution in [2.75, 3.05) is 6.61 Å². The Morgan fingerprint density at radius 1 is 0.774 bits per heavy atom. The van der Waals surface area contributed by atoms with E-state index in [2.05, 4.69) is 6.92 Å². The molecule has 0 heterocycles. The first-order valence-corrected chi connectivity index (χ1v) is 12.4. The van der Waals surface area contributed by atoms with Gasteiger partial charge in [-0.15, -0.1) is 0 Å². The molecule has 0 aliphatic rings. The quantitative estimate of drug-likeness (QED) is 0.147. The molecule has 0 atom stereocenters. The third-order valence-electron chi connectivity index (χ3n) is 6.17. The van der Waals surface area contributed by atoms with Crippen molar-refractivity contribution >= 4 is 11.9 Å². The van der Waals surface area contributed by atoms with Gasteiger partial charge >= 0.3 is 11.9 Å². The maximum absolute atomic E-state index is 12.8. The number of aryl methyl sites for hydroxylation is 1. The van der Waals surface area contributed by atoms with Crippen molar-refractivity contribution in [2.45, 2.75) is 111 Å². The second-order valence-electron chi connectivity index (χ2n) is 8.67. The van der Waals surface area contributed by atoms with Gasteiger partial charge in [-0.1, -0.05) is 108 Å². The van der Waals surface area contributed by atoms with E-state index in [9.17, 15) is 9.59 Å². The van der Waals surface area contributed by atoms with Gasteiger partial charge in [-0.2, -0.15) is 0 Å². The summed E-state index contributed by atoms with van der Waals surface area (Å²) in [4.78, 5) is 25.6. The van der Waals surface area contributed by atoms with Gasteiger partial charge in [0.2, 0.25) is 0 Å². The third-order valence-corrected chi connectivity index (χ3v) is 6.17. The minimum atomic E-state index is -1.21. The van der Waals surface area contributed by atoms with E-state index in [1.807, 2.05) is 45.0 Å². The molecule has 1 aromatic rings. The number of carbonyl (C=O) groups excluding carboxylic acids is 2. The van der Waals surface area contributed by atoms with E-state index in [4.69, 9.17) is 9.47 Å². The van der Waals surface area contributed by atoms with Gasteiger partial charge in [-0.25, -0.2) is 0 Å². The van der Waals surface area contributed by atoms with E-state index in [0.717, 1.165) is 24.0 Å². The van der Waals surface area contributed by atoms with Crippen LogP contribution in [0.15, 0.2) is 24.3 Å². The van der Waals surface area contributed by atoms with Crippen molar-refractivity contribution in [2.24, 2.45) is 5.41 Å².